The minimum Gasteiger partial charge on any atom is -0.341 e. The lowest BCUT2D eigenvalue weighted by molar-refractivity contribution is -0.173. The fourth-order valence-electron chi connectivity index (χ4n) is 5.51. The Hall–Kier alpha value is -2.37. The molecule has 2 aromatic carbocycles. The van der Waals surface area contributed by atoms with Gasteiger partial charge < -0.3 is 15.1 Å². The van der Waals surface area contributed by atoms with E-state index in [1.165, 1.54) is 34.3 Å². The number of fused-ring (bicyclic) bond motifs is 1. The Kier molecular flexibility index (Phi) is 8.10. The average Bonchev–Trinajstić information content (AvgIpc) is 3.74. The van der Waals surface area contributed by atoms with Crippen LogP contribution in [-0.2, 0) is 30.8 Å². The van der Waals surface area contributed by atoms with Crippen molar-refractivity contribution in [2.75, 3.05) is 13.1 Å². The molecule has 3 aliphatic rings. The summed E-state index contributed by atoms with van der Waals surface area (Å²) in [6.07, 6.45) is 0.490. The molecule has 3 fully saturated rings. The smallest absolute Gasteiger partial charge is 0.251 e. The molecule has 2 aliphatic heterocycles. The van der Waals surface area contributed by atoms with E-state index < -0.39 is 33.7 Å². The molecule has 0 bridgehead atoms. The first-order chi connectivity index (χ1) is 19.2. The summed E-state index contributed by atoms with van der Waals surface area (Å²) < 4.78 is 29.8. The summed E-state index contributed by atoms with van der Waals surface area (Å²) in [7, 11) is -4.34. The summed E-state index contributed by atoms with van der Waals surface area (Å²) in [5.41, 5.74) is -0.880. The van der Waals surface area contributed by atoms with E-state index in [1.807, 2.05) is 13.8 Å². The maximum atomic E-state index is 14.3. The molecule has 3 amide bonds. The lowest BCUT2D eigenvalue weighted by Crippen LogP contribution is -2.79. The van der Waals surface area contributed by atoms with E-state index in [0.717, 1.165) is 5.56 Å². The predicted molar refractivity (Wildman–Crippen MR) is 156 cm³/mol. The zero-order chi connectivity index (χ0) is 29.9. The van der Waals surface area contributed by atoms with Crippen LogP contribution in [0, 0.1) is 5.92 Å². The summed E-state index contributed by atoms with van der Waals surface area (Å²) in [4.78, 5) is 43.9. The van der Waals surface area contributed by atoms with Gasteiger partial charge in [0.2, 0.25) is 21.8 Å². The molecule has 13 heteroatoms. The van der Waals surface area contributed by atoms with E-state index in [-0.39, 0.29) is 58.2 Å². The van der Waals surface area contributed by atoms with Crippen LogP contribution < -0.4 is 5.32 Å². The molecule has 220 valence electrons. The lowest BCUT2D eigenvalue weighted by Gasteiger charge is -2.56. The van der Waals surface area contributed by atoms with Crippen LogP contribution in [0.25, 0.3) is 0 Å². The zero-order valence-corrected chi connectivity index (χ0v) is 25.9. The number of carbonyl (C=O) groups excluding carboxylic acids is 3. The Labute approximate surface area is 254 Å². The van der Waals surface area contributed by atoms with Crippen LogP contribution in [0.4, 0.5) is 0 Å². The number of hydrogen-bond donors (Lipinski definition) is 1. The average molecular weight is 642 g/mol. The van der Waals surface area contributed by atoms with E-state index in [2.05, 4.69) is 5.32 Å². The van der Waals surface area contributed by atoms with Crippen LogP contribution >= 0.6 is 34.8 Å². The van der Waals surface area contributed by atoms with Gasteiger partial charge in [-0.05, 0) is 69.5 Å². The van der Waals surface area contributed by atoms with Crippen molar-refractivity contribution >= 4 is 62.5 Å². The number of hydrogen-bond acceptors (Lipinski definition) is 5. The molecule has 2 heterocycles. The minimum absolute atomic E-state index is 0.0452. The lowest BCUT2D eigenvalue weighted by atomic mass is 9.90. The van der Waals surface area contributed by atoms with Gasteiger partial charge in [-0.15, -0.1) is 0 Å². The summed E-state index contributed by atoms with van der Waals surface area (Å²) in [5, 5.41) is 3.54. The number of nitrogens with one attached hydrogen (secondary N) is 1. The summed E-state index contributed by atoms with van der Waals surface area (Å²) in [6, 6.07) is 9.71. The zero-order valence-electron chi connectivity index (χ0n) is 22.8. The van der Waals surface area contributed by atoms with Crippen LogP contribution in [0.5, 0.6) is 0 Å². The van der Waals surface area contributed by atoms with Crippen LogP contribution in [0.15, 0.2) is 47.4 Å². The second-order valence-corrected chi connectivity index (χ2v) is 14.5. The molecular formula is C28H31Cl3N4O5S. The number of rotatable bonds is 7. The Morgan fingerprint density at radius 2 is 1.68 bits per heavy atom. The van der Waals surface area contributed by atoms with Gasteiger partial charge in [0.1, 0.15) is 22.6 Å². The molecule has 2 saturated heterocycles. The maximum Gasteiger partial charge on any atom is 0.251 e. The van der Waals surface area contributed by atoms with Gasteiger partial charge in [0.25, 0.3) is 5.91 Å². The van der Waals surface area contributed by atoms with Crippen LogP contribution in [0.1, 0.15) is 39.2 Å². The van der Waals surface area contributed by atoms with Gasteiger partial charge in [0.15, 0.2) is 0 Å². The first-order valence-corrected chi connectivity index (χ1v) is 16.0. The van der Waals surface area contributed by atoms with Crippen molar-refractivity contribution in [3.63, 3.8) is 0 Å². The Bertz CT molecular complexity index is 1500. The van der Waals surface area contributed by atoms with Crippen molar-refractivity contribution in [1.82, 2.24) is 19.4 Å². The first kappa shape index (κ1) is 30.1. The largest absolute Gasteiger partial charge is 0.341 e. The third-order valence-corrected chi connectivity index (χ3v) is 10.7. The quantitative estimate of drug-likeness (QED) is 0.493. The third-order valence-electron chi connectivity index (χ3n) is 7.89. The second-order valence-electron chi connectivity index (χ2n) is 11.3. The molecule has 0 spiro atoms. The number of amides is 3. The molecule has 0 radical (unpaired) electrons. The van der Waals surface area contributed by atoms with E-state index in [4.69, 9.17) is 34.8 Å². The fraction of sp³-hybridized carbons (Fsp3) is 0.464. The van der Waals surface area contributed by atoms with Crippen LogP contribution in [-0.4, -0.2) is 77.1 Å². The van der Waals surface area contributed by atoms with E-state index in [1.54, 1.807) is 29.2 Å². The molecule has 9 nitrogen and oxygen atoms in total. The molecule has 1 N–H and O–H groups in total. The topological polar surface area (TPSA) is 107 Å². The molecule has 1 saturated carbocycles. The summed E-state index contributed by atoms with van der Waals surface area (Å²) in [5.74, 6) is -1.36. The van der Waals surface area contributed by atoms with Gasteiger partial charge >= 0.3 is 0 Å². The van der Waals surface area contributed by atoms with Crippen molar-refractivity contribution in [3.8, 4) is 0 Å². The molecule has 0 aromatic heterocycles. The number of nitrogens with zero attached hydrogens (tertiary/aromatic N) is 3. The van der Waals surface area contributed by atoms with Crippen molar-refractivity contribution in [3.05, 3.63) is 63.1 Å². The molecule has 1 aliphatic carbocycles. The Morgan fingerprint density at radius 1 is 1.05 bits per heavy atom. The number of benzene rings is 2. The van der Waals surface area contributed by atoms with Gasteiger partial charge in [-0.2, -0.15) is 4.31 Å². The highest BCUT2D eigenvalue weighted by atomic mass is 35.5. The van der Waals surface area contributed by atoms with Crippen LogP contribution in [0.3, 0.4) is 0 Å². The monoisotopic (exact) mass is 640 g/mol. The minimum atomic E-state index is -4.34. The Balaban J connectivity index is 1.64. The molecule has 2 aromatic rings. The number of carbonyl (C=O) groups is 3. The molecule has 5 rings (SSSR count). The van der Waals surface area contributed by atoms with Gasteiger partial charge in [-0.25, -0.2) is 8.42 Å². The standard InChI is InChI=1S/C28H31Cl3N4O5S/c1-16(2)33-14-24-34(41(39,40)23-11-10-20(30)13-21(23)31)15-28(3,32-25(36)18-6-7-18)27(38)35(24)22(26(33)37)12-17-4-8-19(29)9-5-17/h4-5,8-11,13,16,18,22,24H,6-7,12,14-15H2,1-3H3,(H,32,36). The van der Waals surface area contributed by atoms with Crippen molar-refractivity contribution in [1.29, 1.82) is 0 Å². The van der Waals surface area contributed by atoms with Crippen molar-refractivity contribution in [2.45, 2.75) is 68.7 Å². The van der Waals surface area contributed by atoms with Crippen molar-refractivity contribution < 1.29 is 22.8 Å². The third kappa shape index (κ3) is 5.69. The predicted octanol–water partition coefficient (Wildman–Crippen LogP) is 3.95. The molecule has 3 atom stereocenters. The molecule has 41 heavy (non-hydrogen) atoms. The fourth-order valence-corrected chi connectivity index (χ4v) is 8.05. The van der Waals surface area contributed by atoms with E-state index >= 15 is 0 Å². The second kappa shape index (κ2) is 11.0. The Morgan fingerprint density at radius 3 is 2.27 bits per heavy atom. The highest BCUT2D eigenvalue weighted by Gasteiger charge is 2.59. The normalized spacial score (nSPS) is 25.4. The SMILES string of the molecule is CC(C)N1CC2N(C(=O)C(C)(NC(=O)C3CC3)CN2S(=O)(=O)c2ccc(Cl)cc2Cl)C(Cc2ccc(Cl)cc2)C1=O. The number of piperazine rings is 1. The van der Waals surface area contributed by atoms with Crippen LogP contribution in [0.2, 0.25) is 15.1 Å². The highest BCUT2D eigenvalue weighted by Crippen LogP contribution is 2.38. The van der Waals surface area contributed by atoms with Gasteiger partial charge in [-0.3, -0.25) is 14.4 Å². The molecular weight excluding hydrogens is 611 g/mol. The van der Waals surface area contributed by atoms with E-state index in [9.17, 15) is 22.8 Å². The van der Waals surface area contributed by atoms with Gasteiger partial charge in [-0.1, -0.05) is 46.9 Å². The maximum absolute atomic E-state index is 14.3. The number of halogens is 3. The highest BCUT2D eigenvalue weighted by molar-refractivity contribution is 7.89. The number of sulfonamides is 1. The first-order valence-electron chi connectivity index (χ1n) is 13.4. The summed E-state index contributed by atoms with van der Waals surface area (Å²) in [6.45, 7) is 4.81. The van der Waals surface area contributed by atoms with Gasteiger partial charge in [0, 0.05) is 35.0 Å². The molecule has 3 unspecified atom stereocenters. The summed E-state index contributed by atoms with van der Waals surface area (Å²) >= 11 is 18.5. The van der Waals surface area contributed by atoms with E-state index in [0.29, 0.717) is 17.9 Å². The van der Waals surface area contributed by atoms with Gasteiger partial charge in [0.05, 0.1) is 11.6 Å². The van der Waals surface area contributed by atoms with Crippen molar-refractivity contribution in [2.24, 2.45) is 5.92 Å².